The number of alkyl halides is 1. The number of methoxy groups -OCH3 is 3. The second-order valence-electron chi connectivity index (χ2n) is 11.6. The van der Waals surface area contributed by atoms with Crippen molar-refractivity contribution in [3.05, 3.63) is 18.2 Å². The van der Waals surface area contributed by atoms with Gasteiger partial charge in [-0.05, 0) is 70.6 Å². The Morgan fingerprint density at radius 2 is 1.84 bits per heavy atom. The summed E-state index contributed by atoms with van der Waals surface area (Å²) in [5.41, 5.74) is 0. The minimum Gasteiger partial charge on any atom is -0.381 e. The SMILES string of the molecule is COC1CC(OC)CC(C(C)NC(=O)C2CC(Cn3ccnc3C)CC(C3CCC(F)CC3OC)N2)C1. The molecule has 1 amide bonds. The first-order valence-corrected chi connectivity index (χ1v) is 14.1. The van der Waals surface area contributed by atoms with E-state index in [4.69, 9.17) is 14.2 Å². The molecule has 1 aromatic heterocycles. The Balaban J connectivity index is 1.45. The van der Waals surface area contributed by atoms with Gasteiger partial charge in [0.2, 0.25) is 5.91 Å². The number of carbonyl (C=O) groups excluding carboxylic acids is 1. The van der Waals surface area contributed by atoms with Crippen molar-refractivity contribution in [2.45, 2.75) is 114 Å². The van der Waals surface area contributed by atoms with E-state index in [0.717, 1.165) is 50.9 Å². The van der Waals surface area contributed by atoms with Crippen LogP contribution in [-0.4, -0.2) is 79.4 Å². The molecule has 3 fully saturated rings. The smallest absolute Gasteiger partial charge is 0.237 e. The number of ether oxygens (including phenoxy) is 3. The fraction of sp³-hybridized carbons (Fsp3) is 0.857. The summed E-state index contributed by atoms with van der Waals surface area (Å²) in [6.45, 7) is 4.94. The van der Waals surface area contributed by atoms with Crippen LogP contribution in [0, 0.1) is 24.7 Å². The summed E-state index contributed by atoms with van der Waals surface area (Å²) >= 11 is 0. The Morgan fingerprint density at radius 3 is 2.46 bits per heavy atom. The van der Waals surface area contributed by atoms with Gasteiger partial charge >= 0.3 is 0 Å². The third kappa shape index (κ3) is 7.11. The minimum atomic E-state index is -0.809. The number of halogens is 1. The number of aromatic nitrogens is 2. The first-order chi connectivity index (χ1) is 17.8. The highest BCUT2D eigenvalue weighted by atomic mass is 19.1. The normalized spacial score (nSPS) is 37.7. The van der Waals surface area contributed by atoms with Gasteiger partial charge in [0, 0.05) is 64.7 Å². The summed E-state index contributed by atoms with van der Waals surface area (Å²) in [5.74, 6) is 1.84. The summed E-state index contributed by atoms with van der Waals surface area (Å²) in [6.07, 6.45) is 9.41. The van der Waals surface area contributed by atoms with Gasteiger partial charge in [-0.1, -0.05) is 0 Å². The Hall–Kier alpha value is -1.55. The summed E-state index contributed by atoms with van der Waals surface area (Å²) in [4.78, 5) is 18.0. The van der Waals surface area contributed by atoms with E-state index < -0.39 is 6.17 Å². The molecule has 9 unspecified atom stereocenters. The van der Waals surface area contributed by atoms with Crippen molar-refractivity contribution < 1.29 is 23.4 Å². The first kappa shape index (κ1) is 28.5. The molecule has 1 aromatic rings. The average molecular weight is 523 g/mol. The first-order valence-electron chi connectivity index (χ1n) is 14.1. The van der Waals surface area contributed by atoms with Crippen molar-refractivity contribution in [2.75, 3.05) is 21.3 Å². The van der Waals surface area contributed by atoms with E-state index >= 15 is 0 Å². The second kappa shape index (κ2) is 13.0. The van der Waals surface area contributed by atoms with Gasteiger partial charge in [-0.15, -0.1) is 0 Å². The fourth-order valence-electron chi connectivity index (χ4n) is 7.02. The topological polar surface area (TPSA) is 86.6 Å². The molecule has 3 aliphatic rings. The molecule has 0 radical (unpaired) electrons. The van der Waals surface area contributed by atoms with Crippen molar-refractivity contribution in [3.63, 3.8) is 0 Å². The zero-order chi connectivity index (χ0) is 26.5. The van der Waals surface area contributed by atoms with Crippen LogP contribution in [0.2, 0.25) is 0 Å². The van der Waals surface area contributed by atoms with Gasteiger partial charge in [0.1, 0.15) is 12.0 Å². The molecule has 0 spiro atoms. The van der Waals surface area contributed by atoms with E-state index in [1.165, 1.54) is 0 Å². The summed E-state index contributed by atoms with van der Waals surface area (Å²) in [6, 6.07) is -0.166. The van der Waals surface area contributed by atoms with Crippen LogP contribution in [0.5, 0.6) is 0 Å². The number of piperidine rings is 1. The molecule has 1 aliphatic heterocycles. The molecule has 1 saturated heterocycles. The van der Waals surface area contributed by atoms with E-state index in [2.05, 4.69) is 27.1 Å². The summed E-state index contributed by atoms with van der Waals surface area (Å²) < 4.78 is 33.4. The number of nitrogens with one attached hydrogen (secondary N) is 2. The lowest BCUT2D eigenvalue weighted by atomic mass is 9.74. The molecule has 2 aliphatic carbocycles. The molecule has 9 heteroatoms. The lowest BCUT2D eigenvalue weighted by molar-refractivity contribution is -0.127. The lowest BCUT2D eigenvalue weighted by Gasteiger charge is -2.44. The quantitative estimate of drug-likeness (QED) is 0.517. The molecule has 2 heterocycles. The number of aryl methyl sites for hydroxylation is 1. The van der Waals surface area contributed by atoms with Gasteiger partial charge in [0.25, 0.3) is 0 Å². The Bertz CT molecular complexity index is 857. The van der Waals surface area contributed by atoms with E-state index in [0.29, 0.717) is 24.7 Å². The van der Waals surface area contributed by atoms with E-state index in [9.17, 15) is 9.18 Å². The third-order valence-corrected chi connectivity index (χ3v) is 9.27. The summed E-state index contributed by atoms with van der Waals surface area (Å²) in [5, 5.41) is 7.02. The Morgan fingerprint density at radius 1 is 1.11 bits per heavy atom. The maximum Gasteiger partial charge on any atom is 0.237 e. The molecule has 0 bridgehead atoms. The Labute approximate surface area is 221 Å². The number of amides is 1. The highest BCUT2D eigenvalue weighted by molar-refractivity contribution is 5.82. The van der Waals surface area contributed by atoms with Crippen molar-refractivity contribution in [1.29, 1.82) is 0 Å². The second-order valence-corrected chi connectivity index (χ2v) is 11.6. The zero-order valence-corrected chi connectivity index (χ0v) is 23.2. The maximum absolute atomic E-state index is 14.2. The van der Waals surface area contributed by atoms with Crippen LogP contribution in [-0.2, 0) is 25.5 Å². The fourth-order valence-corrected chi connectivity index (χ4v) is 7.02. The standard InChI is InChI=1S/C28H47FN4O4/c1-17(20-12-22(35-3)15-23(13-20)36-4)31-28(34)26-11-19(16-33-9-8-30-18(33)2)10-25(32-26)24-7-6-21(29)14-27(24)37-5/h8-9,17,19-27,32H,6-7,10-16H2,1-5H3,(H,31,34). The van der Waals surface area contributed by atoms with E-state index in [-0.39, 0.29) is 48.3 Å². The minimum absolute atomic E-state index is 0.0216. The van der Waals surface area contributed by atoms with Gasteiger partial charge < -0.3 is 29.4 Å². The molecule has 8 nitrogen and oxygen atoms in total. The molecule has 9 atom stereocenters. The lowest BCUT2D eigenvalue weighted by Crippen LogP contribution is -2.59. The highest BCUT2D eigenvalue weighted by Crippen LogP contribution is 2.36. The zero-order valence-electron chi connectivity index (χ0n) is 23.2. The van der Waals surface area contributed by atoms with E-state index in [1.807, 2.05) is 19.3 Å². The van der Waals surface area contributed by atoms with Crippen LogP contribution < -0.4 is 10.6 Å². The van der Waals surface area contributed by atoms with Crippen LogP contribution in [0.25, 0.3) is 0 Å². The number of nitrogens with zero attached hydrogens (tertiary/aromatic N) is 2. The van der Waals surface area contributed by atoms with Gasteiger partial charge in [0.15, 0.2) is 0 Å². The van der Waals surface area contributed by atoms with E-state index in [1.54, 1.807) is 21.3 Å². The molecule has 4 rings (SSSR count). The molecule has 37 heavy (non-hydrogen) atoms. The molecule has 2 N–H and O–H groups in total. The maximum atomic E-state index is 14.2. The number of carbonyl (C=O) groups is 1. The molecule has 0 aromatic carbocycles. The summed E-state index contributed by atoms with van der Waals surface area (Å²) in [7, 11) is 5.18. The van der Waals surface area contributed by atoms with Gasteiger partial charge in [0.05, 0.1) is 24.4 Å². The number of imidazole rings is 1. The van der Waals surface area contributed by atoms with Gasteiger partial charge in [-0.2, -0.15) is 0 Å². The van der Waals surface area contributed by atoms with Crippen molar-refractivity contribution >= 4 is 5.91 Å². The molecular formula is C28H47FN4O4. The van der Waals surface area contributed by atoms with Crippen molar-refractivity contribution in [2.24, 2.45) is 17.8 Å². The largest absolute Gasteiger partial charge is 0.381 e. The van der Waals surface area contributed by atoms with Gasteiger partial charge in [-0.25, -0.2) is 9.37 Å². The van der Waals surface area contributed by atoms with Crippen LogP contribution in [0.15, 0.2) is 12.4 Å². The van der Waals surface area contributed by atoms with Crippen molar-refractivity contribution in [1.82, 2.24) is 20.2 Å². The molecule has 2 saturated carbocycles. The number of rotatable bonds is 9. The van der Waals surface area contributed by atoms with Crippen LogP contribution in [0.3, 0.4) is 0 Å². The predicted octanol–water partition coefficient (Wildman–Crippen LogP) is 3.42. The third-order valence-electron chi connectivity index (χ3n) is 9.27. The van der Waals surface area contributed by atoms with Crippen LogP contribution in [0.1, 0.15) is 64.1 Å². The number of hydrogen-bond donors (Lipinski definition) is 2. The predicted molar refractivity (Wildman–Crippen MR) is 140 cm³/mol. The van der Waals surface area contributed by atoms with Crippen LogP contribution in [0.4, 0.5) is 4.39 Å². The van der Waals surface area contributed by atoms with Gasteiger partial charge in [-0.3, -0.25) is 4.79 Å². The monoisotopic (exact) mass is 522 g/mol. The molecular weight excluding hydrogens is 475 g/mol. The number of hydrogen-bond acceptors (Lipinski definition) is 6. The highest BCUT2D eigenvalue weighted by Gasteiger charge is 2.42. The Kier molecular flexibility index (Phi) is 10.00. The van der Waals surface area contributed by atoms with Crippen molar-refractivity contribution in [3.8, 4) is 0 Å². The molecule has 210 valence electrons. The van der Waals surface area contributed by atoms with Crippen LogP contribution >= 0.6 is 0 Å². The average Bonchev–Trinajstić information content (AvgIpc) is 3.31.